The fourth-order valence-electron chi connectivity index (χ4n) is 1.85. The molecule has 1 aromatic heterocycles. The van der Waals surface area contributed by atoms with Gasteiger partial charge in [0.1, 0.15) is 11.9 Å². The molecule has 1 heterocycles. The second-order valence-electron chi connectivity index (χ2n) is 5.17. The number of halogens is 1. The molecule has 9 heteroatoms. The number of hydrogen-bond acceptors (Lipinski definition) is 5. The maximum absolute atomic E-state index is 12.1. The first kappa shape index (κ1) is 18.0. The third-order valence-electron chi connectivity index (χ3n) is 2.94. The monoisotopic (exact) mass is 368 g/mol. The van der Waals surface area contributed by atoms with Gasteiger partial charge in [0, 0.05) is 17.6 Å². The highest BCUT2D eigenvalue weighted by Crippen LogP contribution is 2.16. The van der Waals surface area contributed by atoms with Crippen LogP contribution in [0, 0.1) is 0 Å². The van der Waals surface area contributed by atoms with Crippen molar-refractivity contribution in [1.82, 2.24) is 4.98 Å². The minimum absolute atomic E-state index is 0.261. The van der Waals surface area contributed by atoms with Gasteiger partial charge in [-0.25, -0.2) is 13.4 Å². The van der Waals surface area contributed by atoms with Crippen LogP contribution in [0.3, 0.4) is 0 Å². The zero-order chi connectivity index (χ0) is 17.7. The van der Waals surface area contributed by atoms with Gasteiger partial charge in [-0.1, -0.05) is 11.6 Å². The van der Waals surface area contributed by atoms with Crippen molar-refractivity contribution in [3.05, 3.63) is 47.6 Å². The molecular formula is C15H17ClN4O3S. The predicted octanol–water partition coefficient (Wildman–Crippen LogP) is 2.55. The van der Waals surface area contributed by atoms with Crippen LogP contribution >= 0.6 is 11.6 Å². The van der Waals surface area contributed by atoms with E-state index in [4.69, 9.17) is 11.6 Å². The summed E-state index contributed by atoms with van der Waals surface area (Å²) in [7, 11) is -3.32. The molecule has 24 heavy (non-hydrogen) atoms. The van der Waals surface area contributed by atoms with E-state index in [1.54, 1.807) is 43.3 Å². The van der Waals surface area contributed by atoms with E-state index in [9.17, 15) is 13.2 Å². The number of anilines is 3. The summed E-state index contributed by atoms with van der Waals surface area (Å²) in [6.45, 7) is 1.70. The topological polar surface area (TPSA) is 100 Å². The van der Waals surface area contributed by atoms with Gasteiger partial charge in [0.15, 0.2) is 0 Å². The first-order chi connectivity index (χ1) is 11.2. The molecule has 0 spiro atoms. The Morgan fingerprint density at radius 1 is 1.12 bits per heavy atom. The van der Waals surface area contributed by atoms with Crippen molar-refractivity contribution in [3.63, 3.8) is 0 Å². The molecule has 0 aliphatic rings. The summed E-state index contributed by atoms with van der Waals surface area (Å²) in [5, 5.41) is 6.18. The van der Waals surface area contributed by atoms with Gasteiger partial charge in [-0.2, -0.15) is 0 Å². The van der Waals surface area contributed by atoms with Gasteiger partial charge in [0.25, 0.3) is 0 Å². The minimum atomic E-state index is -3.32. The molecule has 0 unspecified atom stereocenters. The van der Waals surface area contributed by atoms with Crippen LogP contribution in [0.2, 0.25) is 5.02 Å². The summed E-state index contributed by atoms with van der Waals surface area (Å²) >= 11 is 5.74. The van der Waals surface area contributed by atoms with Gasteiger partial charge < -0.3 is 10.6 Å². The normalized spacial score (nSPS) is 12.3. The Labute approximate surface area is 145 Å². The standard InChI is InChI=1S/C15H17ClN4O3S/c1-10(15(21)19-14-8-3-11(16)9-17-14)18-12-4-6-13(7-5-12)20-24(2,22)23/h3-10,18,20H,1-2H3,(H,17,19,21)/t10-/m0/s1. The van der Waals surface area contributed by atoms with Crippen molar-refractivity contribution in [2.24, 2.45) is 0 Å². The van der Waals surface area contributed by atoms with Crippen LogP contribution < -0.4 is 15.4 Å². The number of pyridine rings is 1. The highest BCUT2D eigenvalue weighted by molar-refractivity contribution is 7.92. The molecule has 0 saturated carbocycles. The lowest BCUT2D eigenvalue weighted by Gasteiger charge is -2.15. The van der Waals surface area contributed by atoms with Crippen molar-refractivity contribution < 1.29 is 13.2 Å². The van der Waals surface area contributed by atoms with Crippen LogP contribution in [0.25, 0.3) is 0 Å². The maximum Gasteiger partial charge on any atom is 0.247 e. The van der Waals surface area contributed by atoms with E-state index in [1.807, 2.05) is 0 Å². The third-order valence-corrected chi connectivity index (χ3v) is 3.77. The van der Waals surface area contributed by atoms with Crippen LogP contribution in [0.4, 0.5) is 17.2 Å². The SMILES string of the molecule is C[C@H](Nc1ccc(NS(C)(=O)=O)cc1)C(=O)Nc1ccc(Cl)cn1. The molecule has 0 fully saturated rings. The number of amides is 1. The highest BCUT2D eigenvalue weighted by Gasteiger charge is 2.13. The Hall–Kier alpha value is -2.32. The number of nitrogens with one attached hydrogen (secondary N) is 3. The van der Waals surface area contributed by atoms with Gasteiger partial charge >= 0.3 is 0 Å². The summed E-state index contributed by atoms with van der Waals surface area (Å²) in [6.07, 6.45) is 2.53. The number of benzene rings is 1. The lowest BCUT2D eigenvalue weighted by molar-refractivity contribution is -0.116. The van der Waals surface area contributed by atoms with E-state index in [-0.39, 0.29) is 5.91 Å². The molecule has 0 aliphatic heterocycles. The molecule has 2 aromatic rings. The van der Waals surface area contributed by atoms with Gasteiger partial charge in [-0.3, -0.25) is 9.52 Å². The average molecular weight is 369 g/mol. The van der Waals surface area contributed by atoms with Gasteiger partial charge in [0.05, 0.1) is 11.3 Å². The van der Waals surface area contributed by atoms with Crippen molar-refractivity contribution in [2.75, 3.05) is 21.6 Å². The number of nitrogens with zero attached hydrogens (tertiary/aromatic N) is 1. The fourth-order valence-corrected chi connectivity index (χ4v) is 2.52. The van der Waals surface area contributed by atoms with Crippen LogP contribution in [0.15, 0.2) is 42.6 Å². The van der Waals surface area contributed by atoms with E-state index in [0.717, 1.165) is 6.26 Å². The molecule has 0 bridgehead atoms. The Morgan fingerprint density at radius 3 is 2.29 bits per heavy atom. The van der Waals surface area contributed by atoms with E-state index < -0.39 is 16.1 Å². The Morgan fingerprint density at radius 2 is 1.75 bits per heavy atom. The molecule has 0 aliphatic carbocycles. The molecule has 0 radical (unpaired) electrons. The number of rotatable bonds is 6. The molecule has 2 rings (SSSR count). The van der Waals surface area contributed by atoms with Crippen LogP contribution in [0.1, 0.15) is 6.92 Å². The molecule has 1 atom stereocenters. The Bertz CT molecular complexity index is 808. The van der Waals surface area contributed by atoms with Crippen molar-refractivity contribution >= 4 is 44.7 Å². The molecule has 0 saturated heterocycles. The van der Waals surface area contributed by atoms with Gasteiger partial charge in [-0.05, 0) is 43.3 Å². The van der Waals surface area contributed by atoms with E-state index in [1.165, 1.54) is 6.20 Å². The summed E-state index contributed by atoms with van der Waals surface area (Å²) in [4.78, 5) is 16.1. The number of hydrogen-bond donors (Lipinski definition) is 3. The lowest BCUT2D eigenvalue weighted by atomic mass is 10.2. The van der Waals surface area contributed by atoms with Crippen LogP contribution in [-0.2, 0) is 14.8 Å². The van der Waals surface area contributed by atoms with Crippen molar-refractivity contribution in [1.29, 1.82) is 0 Å². The average Bonchev–Trinajstić information content (AvgIpc) is 2.50. The minimum Gasteiger partial charge on any atom is -0.374 e. The van der Waals surface area contributed by atoms with E-state index in [2.05, 4.69) is 20.3 Å². The smallest absolute Gasteiger partial charge is 0.247 e. The summed E-state index contributed by atoms with van der Waals surface area (Å²) in [6, 6.07) is 9.30. The first-order valence-corrected chi connectivity index (χ1v) is 9.27. The van der Waals surface area contributed by atoms with E-state index in [0.29, 0.717) is 22.2 Å². The molecule has 1 amide bonds. The summed E-state index contributed by atoms with van der Waals surface area (Å²) < 4.78 is 24.7. The van der Waals surface area contributed by atoms with Crippen LogP contribution in [-0.4, -0.2) is 31.6 Å². The Balaban J connectivity index is 1.94. The predicted molar refractivity (Wildman–Crippen MR) is 95.9 cm³/mol. The van der Waals surface area contributed by atoms with E-state index >= 15 is 0 Å². The quantitative estimate of drug-likeness (QED) is 0.727. The summed E-state index contributed by atoms with van der Waals surface area (Å²) in [5.74, 6) is 0.147. The maximum atomic E-state index is 12.1. The zero-order valence-corrected chi connectivity index (χ0v) is 14.6. The molecule has 1 aromatic carbocycles. The van der Waals surface area contributed by atoms with Gasteiger partial charge in [-0.15, -0.1) is 0 Å². The molecule has 3 N–H and O–H groups in total. The van der Waals surface area contributed by atoms with Crippen LogP contribution in [0.5, 0.6) is 0 Å². The number of sulfonamides is 1. The van der Waals surface area contributed by atoms with Gasteiger partial charge in [0.2, 0.25) is 15.9 Å². The van der Waals surface area contributed by atoms with Crippen molar-refractivity contribution in [3.8, 4) is 0 Å². The number of carbonyl (C=O) groups excluding carboxylic acids is 1. The molecule has 128 valence electrons. The number of carbonyl (C=O) groups is 1. The van der Waals surface area contributed by atoms with Crippen molar-refractivity contribution in [2.45, 2.75) is 13.0 Å². The third kappa shape index (κ3) is 5.71. The second-order valence-corrected chi connectivity index (χ2v) is 7.35. The molecular weight excluding hydrogens is 352 g/mol. The summed E-state index contributed by atoms with van der Waals surface area (Å²) in [5.41, 5.74) is 1.13. The number of aromatic nitrogens is 1. The largest absolute Gasteiger partial charge is 0.374 e. The second kappa shape index (κ2) is 7.50. The molecule has 7 nitrogen and oxygen atoms in total. The highest BCUT2D eigenvalue weighted by atomic mass is 35.5. The first-order valence-electron chi connectivity index (χ1n) is 7.00. The zero-order valence-electron chi connectivity index (χ0n) is 13.1. The lowest BCUT2D eigenvalue weighted by Crippen LogP contribution is -2.32. The Kier molecular flexibility index (Phi) is 5.63. The fraction of sp³-hybridized carbons (Fsp3) is 0.200.